The highest BCUT2D eigenvalue weighted by Gasteiger charge is 2.35. The van der Waals surface area contributed by atoms with E-state index in [9.17, 15) is 0 Å². The molecule has 4 unspecified atom stereocenters. The van der Waals surface area contributed by atoms with E-state index in [0.29, 0.717) is 4.83 Å². The van der Waals surface area contributed by atoms with Gasteiger partial charge in [-0.25, -0.2) is 0 Å². The molecule has 0 aromatic carbocycles. The Balaban J connectivity index is 1.68. The second-order valence-corrected chi connectivity index (χ2v) is 9.77. The Morgan fingerprint density at radius 1 is 1.16 bits per heavy atom. The first-order chi connectivity index (χ1) is 9.15. The quantitative estimate of drug-likeness (QED) is 0.471. The lowest BCUT2D eigenvalue weighted by atomic mass is 9.67. The Bertz CT molecular complexity index is 420. The predicted molar refractivity (Wildman–Crippen MR) is 91.2 cm³/mol. The summed E-state index contributed by atoms with van der Waals surface area (Å²) >= 11 is 9.58. The van der Waals surface area contributed by atoms with Crippen LogP contribution < -0.4 is 0 Å². The number of thiophene rings is 1. The van der Waals surface area contributed by atoms with Crippen molar-refractivity contribution in [3.8, 4) is 0 Å². The van der Waals surface area contributed by atoms with Gasteiger partial charge in [0.1, 0.15) is 0 Å². The zero-order valence-corrected chi connectivity index (χ0v) is 15.5. The van der Waals surface area contributed by atoms with Crippen molar-refractivity contribution < 1.29 is 0 Å². The minimum Gasteiger partial charge on any atom is -0.132 e. The van der Waals surface area contributed by atoms with Gasteiger partial charge in [-0.1, -0.05) is 41.6 Å². The third-order valence-electron chi connectivity index (χ3n) is 5.14. The standard InChI is InChI=1S/C16H22Br2S/c1-10-8-14(19-16(10)18)15(17)13-7-6-11-4-2-3-5-12(11)9-13/h8,11-13,15H,2-7,9H2,1H3. The SMILES string of the molecule is Cc1cc(C(Br)C2CCC3CCCCC3C2)sc1Br. The molecule has 2 aliphatic carbocycles. The Labute approximate surface area is 137 Å². The number of halogens is 2. The van der Waals surface area contributed by atoms with Crippen molar-refractivity contribution in [1.29, 1.82) is 0 Å². The molecule has 0 N–H and O–H groups in total. The van der Waals surface area contributed by atoms with Crippen LogP contribution in [0, 0.1) is 24.7 Å². The molecule has 0 bridgehead atoms. The highest BCUT2D eigenvalue weighted by Crippen LogP contribution is 2.50. The third kappa shape index (κ3) is 3.13. The minimum absolute atomic E-state index is 0.574. The number of fused-ring (bicyclic) bond motifs is 1. The van der Waals surface area contributed by atoms with E-state index in [2.05, 4.69) is 44.8 Å². The molecule has 0 saturated heterocycles. The largest absolute Gasteiger partial charge is 0.132 e. The van der Waals surface area contributed by atoms with E-state index in [0.717, 1.165) is 17.8 Å². The molecule has 0 amide bonds. The maximum absolute atomic E-state index is 4.00. The zero-order valence-electron chi connectivity index (χ0n) is 11.5. The van der Waals surface area contributed by atoms with Gasteiger partial charge in [0.05, 0.1) is 8.61 Å². The molecule has 1 aromatic rings. The monoisotopic (exact) mass is 404 g/mol. The predicted octanol–water partition coefficient (Wildman–Crippen LogP) is 6.86. The van der Waals surface area contributed by atoms with Gasteiger partial charge in [-0.05, 0) is 71.5 Å². The fraction of sp³-hybridized carbons (Fsp3) is 0.750. The van der Waals surface area contributed by atoms with Gasteiger partial charge in [-0.15, -0.1) is 11.3 Å². The molecule has 0 radical (unpaired) electrons. The number of alkyl halides is 1. The first-order valence-corrected chi connectivity index (χ1v) is 10.1. The lowest BCUT2D eigenvalue weighted by Crippen LogP contribution is -2.29. The molecule has 2 aliphatic rings. The van der Waals surface area contributed by atoms with Crippen LogP contribution >= 0.6 is 43.2 Å². The van der Waals surface area contributed by atoms with Crippen molar-refractivity contribution in [3.63, 3.8) is 0 Å². The lowest BCUT2D eigenvalue weighted by Gasteiger charge is -2.40. The molecule has 0 aliphatic heterocycles. The first-order valence-electron chi connectivity index (χ1n) is 7.55. The molecular weight excluding hydrogens is 384 g/mol. The summed E-state index contributed by atoms with van der Waals surface area (Å²) in [5.41, 5.74) is 1.39. The summed E-state index contributed by atoms with van der Waals surface area (Å²) in [6, 6.07) is 2.36. The molecule has 19 heavy (non-hydrogen) atoms. The van der Waals surface area contributed by atoms with Crippen molar-refractivity contribution in [2.75, 3.05) is 0 Å². The molecule has 1 aromatic heterocycles. The van der Waals surface area contributed by atoms with E-state index >= 15 is 0 Å². The first kappa shape index (κ1) is 14.6. The number of rotatable bonds is 2. The van der Waals surface area contributed by atoms with Crippen molar-refractivity contribution in [2.24, 2.45) is 17.8 Å². The van der Waals surface area contributed by atoms with Gasteiger partial charge < -0.3 is 0 Å². The average Bonchev–Trinajstić information content (AvgIpc) is 2.77. The second kappa shape index (κ2) is 6.19. The highest BCUT2D eigenvalue weighted by atomic mass is 79.9. The van der Waals surface area contributed by atoms with Gasteiger partial charge in [-0.2, -0.15) is 0 Å². The summed E-state index contributed by atoms with van der Waals surface area (Å²) in [5, 5.41) is 0. The summed E-state index contributed by atoms with van der Waals surface area (Å²) in [6.45, 7) is 2.20. The Hall–Kier alpha value is 0.660. The summed E-state index contributed by atoms with van der Waals surface area (Å²) in [7, 11) is 0. The molecule has 3 heteroatoms. The summed E-state index contributed by atoms with van der Waals surface area (Å²) in [5.74, 6) is 2.93. The van der Waals surface area contributed by atoms with Gasteiger partial charge in [-0.3, -0.25) is 0 Å². The number of aryl methyl sites for hydroxylation is 1. The van der Waals surface area contributed by atoms with Crippen LogP contribution in [0.2, 0.25) is 0 Å². The second-order valence-electron chi connectivity index (χ2n) is 6.38. The van der Waals surface area contributed by atoms with E-state index in [4.69, 9.17) is 0 Å². The molecular formula is C16H22Br2S. The highest BCUT2D eigenvalue weighted by molar-refractivity contribution is 9.11. The van der Waals surface area contributed by atoms with Gasteiger partial charge in [0.25, 0.3) is 0 Å². The number of hydrogen-bond acceptors (Lipinski definition) is 1. The Kier molecular flexibility index (Phi) is 4.75. The van der Waals surface area contributed by atoms with E-state index in [1.165, 1.54) is 59.2 Å². The van der Waals surface area contributed by atoms with Crippen LogP contribution in [-0.2, 0) is 0 Å². The number of hydrogen-bond donors (Lipinski definition) is 0. The van der Waals surface area contributed by atoms with Crippen LogP contribution in [-0.4, -0.2) is 0 Å². The van der Waals surface area contributed by atoms with Gasteiger partial charge in [0.2, 0.25) is 0 Å². The van der Waals surface area contributed by atoms with Crippen LogP contribution in [0.15, 0.2) is 9.85 Å². The minimum atomic E-state index is 0.574. The van der Waals surface area contributed by atoms with Crippen molar-refractivity contribution >= 4 is 43.2 Å². The summed E-state index contributed by atoms with van der Waals surface area (Å²) in [4.78, 5) is 2.09. The average molecular weight is 406 g/mol. The van der Waals surface area contributed by atoms with Crippen molar-refractivity contribution in [2.45, 2.75) is 56.7 Å². The Morgan fingerprint density at radius 2 is 1.89 bits per heavy atom. The van der Waals surface area contributed by atoms with Gasteiger partial charge in [0.15, 0.2) is 0 Å². The molecule has 0 spiro atoms. The third-order valence-corrected chi connectivity index (χ3v) is 8.91. The topological polar surface area (TPSA) is 0 Å². The van der Waals surface area contributed by atoms with Crippen molar-refractivity contribution in [1.82, 2.24) is 0 Å². The molecule has 2 saturated carbocycles. The smallest absolute Gasteiger partial charge is 0.0730 e. The molecule has 1 heterocycles. The zero-order chi connectivity index (χ0) is 13.4. The fourth-order valence-electron chi connectivity index (χ4n) is 4.03. The molecule has 0 nitrogen and oxygen atoms in total. The molecule has 106 valence electrons. The van der Waals surface area contributed by atoms with Gasteiger partial charge >= 0.3 is 0 Å². The fourth-order valence-corrected chi connectivity index (χ4v) is 6.56. The van der Waals surface area contributed by atoms with Crippen LogP contribution in [0.5, 0.6) is 0 Å². The van der Waals surface area contributed by atoms with Gasteiger partial charge in [0, 0.05) is 4.88 Å². The maximum atomic E-state index is 4.00. The Morgan fingerprint density at radius 3 is 2.58 bits per heavy atom. The van der Waals surface area contributed by atoms with E-state index < -0.39 is 0 Å². The van der Waals surface area contributed by atoms with Crippen LogP contribution in [0.4, 0.5) is 0 Å². The summed E-state index contributed by atoms with van der Waals surface area (Å²) in [6.07, 6.45) is 10.3. The lowest BCUT2D eigenvalue weighted by molar-refractivity contribution is 0.129. The molecule has 3 rings (SSSR count). The molecule has 4 atom stereocenters. The van der Waals surface area contributed by atoms with Crippen molar-refractivity contribution in [3.05, 3.63) is 20.3 Å². The van der Waals surface area contributed by atoms with E-state index in [1.54, 1.807) is 0 Å². The molecule has 2 fully saturated rings. The van der Waals surface area contributed by atoms with Crippen LogP contribution in [0.3, 0.4) is 0 Å². The van der Waals surface area contributed by atoms with Crippen LogP contribution in [0.25, 0.3) is 0 Å². The maximum Gasteiger partial charge on any atom is 0.0730 e. The van der Waals surface area contributed by atoms with Crippen LogP contribution in [0.1, 0.15) is 60.2 Å². The summed E-state index contributed by atoms with van der Waals surface area (Å²) < 4.78 is 1.30. The normalized spacial score (nSPS) is 32.9. The van der Waals surface area contributed by atoms with E-state index in [1.807, 2.05) is 11.3 Å². The van der Waals surface area contributed by atoms with E-state index in [-0.39, 0.29) is 0 Å².